The predicted octanol–water partition coefficient (Wildman–Crippen LogP) is 3.58. The van der Waals surface area contributed by atoms with Gasteiger partial charge in [0.25, 0.3) is 0 Å². The van der Waals surface area contributed by atoms with Crippen molar-refractivity contribution in [2.24, 2.45) is 0 Å². The van der Waals surface area contributed by atoms with Gasteiger partial charge in [-0.05, 0) is 12.1 Å². The Morgan fingerprint density at radius 3 is 1.50 bits per heavy atom. The van der Waals surface area contributed by atoms with E-state index >= 15 is 0 Å². The van der Waals surface area contributed by atoms with Crippen molar-refractivity contribution >= 4 is 28.1 Å². The van der Waals surface area contributed by atoms with Crippen molar-refractivity contribution < 1.29 is 0 Å². The highest BCUT2D eigenvalue weighted by Gasteiger charge is 2.16. The Balaban J connectivity index is 2.79. The van der Waals surface area contributed by atoms with Gasteiger partial charge in [0.2, 0.25) is 0 Å². The van der Waals surface area contributed by atoms with E-state index in [-0.39, 0.29) is 0 Å². The van der Waals surface area contributed by atoms with E-state index in [1.54, 1.807) is 0 Å². The summed E-state index contributed by atoms with van der Waals surface area (Å²) in [5.74, 6) is 1.98. The van der Waals surface area contributed by atoms with E-state index in [1.807, 2.05) is 12.1 Å². The molecule has 2 N–H and O–H groups in total. The second-order valence-electron chi connectivity index (χ2n) is 6.16. The second kappa shape index (κ2) is 4.59. The van der Waals surface area contributed by atoms with Crippen LogP contribution in [0, 0.1) is 0 Å². The van der Waals surface area contributed by atoms with Crippen molar-refractivity contribution in [3.05, 3.63) is 18.2 Å². The fourth-order valence-electron chi connectivity index (χ4n) is 1.34. The molecule has 0 aliphatic heterocycles. The average molecular weight is 253 g/mol. The van der Waals surface area contributed by atoms with E-state index < -0.39 is 16.5 Å². The van der Waals surface area contributed by atoms with Gasteiger partial charge in [-0.25, -0.2) is 4.98 Å². The summed E-state index contributed by atoms with van der Waals surface area (Å²) in [7, 11) is -2.62. The van der Waals surface area contributed by atoms with Crippen LogP contribution >= 0.6 is 0 Å². The fraction of sp³-hybridized carbons (Fsp3) is 0.545. The monoisotopic (exact) mass is 253 g/mol. The molecular weight excluding hydrogens is 230 g/mol. The molecule has 1 aromatic heterocycles. The minimum Gasteiger partial charge on any atom is -0.396 e. The van der Waals surface area contributed by atoms with Gasteiger partial charge in [0.05, 0.1) is 0 Å². The largest absolute Gasteiger partial charge is 0.396 e. The first-order chi connectivity index (χ1) is 7.16. The lowest BCUT2D eigenvalue weighted by molar-refractivity contribution is 1.31. The molecule has 0 aliphatic rings. The molecule has 1 rings (SSSR count). The zero-order valence-corrected chi connectivity index (χ0v) is 13.2. The van der Waals surface area contributed by atoms with Gasteiger partial charge in [-0.3, -0.25) is 0 Å². The van der Waals surface area contributed by atoms with Gasteiger partial charge in [0.1, 0.15) is 28.1 Å². The highest BCUT2D eigenvalue weighted by atomic mass is 28.3. The van der Waals surface area contributed by atoms with E-state index in [0.717, 1.165) is 11.6 Å². The summed E-state index contributed by atoms with van der Waals surface area (Å²) in [6.45, 7) is 13.6. The highest BCUT2D eigenvalue weighted by Crippen LogP contribution is 2.15. The molecule has 16 heavy (non-hydrogen) atoms. The molecule has 90 valence electrons. The summed E-state index contributed by atoms with van der Waals surface area (Å²) < 4.78 is 0. The van der Waals surface area contributed by atoms with Gasteiger partial charge in [0.15, 0.2) is 0 Å². The number of anilines is 2. The number of nitrogens with one attached hydrogen (secondary N) is 2. The Hall–Kier alpha value is -0.816. The maximum atomic E-state index is 4.59. The van der Waals surface area contributed by atoms with Crippen LogP contribution in [0.5, 0.6) is 0 Å². The molecule has 0 atom stereocenters. The zero-order valence-electron chi connectivity index (χ0n) is 11.2. The van der Waals surface area contributed by atoms with Crippen LogP contribution in [0.4, 0.5) is 11.6 Å². The first kappa shape index (κ1) is 13.2. The number of nitrogens with zero attached hydrogens (tertiary/aromatic N) is 1. The number of hydrogen-bond donors (Lipinski definition) is 2. The molecule has 0 amide bonds. The Kier molecular flexibility index (Phi) is 3.80. The molecule has 1 heterocycles. The van der Waals surface area contributed by atoms with Gasteiger partial charge >= 0.3 is 0 Å². The maximum absolute atomic E-state index is 4.59. The molecule has 1 aromatic rings. The molecule has 0 saturated carbocycles. The number of rotatable bonds is 4. The standard InChI is InChI=1S/C11H23N3Si2/c1-15(2,3)13-10-8-7-9-11(12-10)14-16(4,5)6/h7-9H,1-6H3,(H2,12,13,14). The first-order valence-electron chi connectivity index (χ1n) is 5.69. The van der Waals surface area contributed by atoms with Crippen molar-refractivity contribution in [1.82, 2.24) is 4.98 Å². The lowest BCUT2D eigenvalue weighted by Gasteiger charge is -2.22. The Labute approximate surface area is 101 Å². The van der Waals surface area contributed by atoms with E-state index in [4.69, 9.17) is 0 Å². The van der Waals surface area contributed by atoms with Crippen molar-refractivity contribution in [1.29, 1.82) is 0 Å². The molecule has 0 radical (unpaired) electrons. The van der Waals surface area contributed by atoms with Crippen LogP contribution in [0.15, 0.2) is 18.2 Å². The van der Waals surface area contributed by atoms with E-state index in [2.05, 4.69) is 60.3 Å². The van der Waals surface area contributed by atoms with Gasteiger partial charge in [0, 0.05) is 0 Å². The fourth-order valence-corrected chi connectivity index (χ4v) is 3.16. The first-order valence-corrected chi connectivity index (χ1v) is 12.7. The summed E-state index contributed by atoms with van der Waals surface area (Å²) in [6.07, 6.45) is 0. The molecule has 0 aliphatic carbocycles. The highest BCUT2D eigenvalue weighted by molar-refractivity contribution is 6.79. The van der Waals surface area contributed by atoms with Crippen LogP contribution in [0.2, 0.25) is 39.3 Å². The van der Waals surface area contributed by atoms with Crippen molar-refractivity contribution in [2.75, 3.05) is 9.96 Å². The van der Waals surface area contributed by atoms with E-state index in [9.17, 15) is 0 Å². The van der Waals surface area contributed by atoms with Crippen molar-refractivity contribution in [3.8, 4) is 0 Å². The molecule has 0 bridgehead atoms. The smallest absolute Gasteiger partial charge is 0.145 e. The Bertz CT molecular complexity index is 322. The summed E-state index contributed by atoms with van der Waals surface area (Å²) in [5, 5.41) is 0. The molecule has 5 heteroatoms. The SMILES string of the molecule is C[Si](C)(C)Nc1cccc(N[Si](C)(C)C)n1. The quantitative estimate of drug-likeness (QED) is 0.806. The second-order valence-corrected chi connectivity index (χ2v) is 15.7. The Morgan fingerprint density at radius 1 is 0.812 bits per heavy atom. The van der Waals surface area contributed by atoms with Gasteiger partial charge in [-0.15, -0.1) is 0 Å². The summed E-state index contributed by atoms with van der Waals surface area (Å²) in [5.41, 5.74) is 0. The lowest BCUT2D eigenvalue weighted by Crippen LogP contribution is -2.34. The lowest BCUT2D eigenvalue weighted by atomic mass is 10.4. The normalized spacial score (nSPS) is 12.4. The van der Waals surface area contributed by atoms with Gasteiger partial charge in [-0.1, -0.05) is 45.3 Å². The van der Waals surface area contributed by atoms with E-state index in [1.165, 1.54) is 0 Å². The Morgan fingerprint density at radius 2 is 1.19 bits per heavy atom. The minimum atomic E-state index is -1.31. The molecule has 0 spiro atoms. The van der Waals surface area contributed by atoms with Crippen LogP contribution in [0.3, 0.4) is 0 Å². The molecular formula is C11H23N3Si2. The van der Waals surface area contributed by atoms with Crippen LogP contribution in [-0.2, 0) is 0 Å². The molecule has 0 aromatic carbocycles. The third-order valence-corrected chi connectivity index (χ3v) is 3.77. The minimum absolute atomic E-state index is 0.988. The van der Waals surface area contributed by atoms with Gasteiger partial charge < -0.3 is 9.96 Å². The van der Waals surface area contributed by atoms with Crippen LogP contribution < -0.4 is 9.96 Å². The van der Waals surface area contributed by atoms with Crippen LogP contribution in [-0.4, -0.2) is 21.5 Å². The zero-order chi connectivity index (χ0) is 12.4. The van der Waals surface area contributed by atoms with Crippen LogP contribution in [0.1, 0.15) is 0 Å². The summed E-state index contributed by atoms with van der Waals surface area (Å²) in [4.78, 5) is 11.6. The number of hydrogen-bond acceptors (Lipinski definition) is 3. The summed E-state index contributed by atoms with van der Waals surface area (Å²) in [6, 6.07) is 6.12. The third kappa shape index (κ3) is 5.32. The molecule has 3 nitrogen and oxygen atoms in total. The van der Waals surface area contributed by atoms with Crippen molar-refractivity contribution in [2.45, 2.75) is 39.3 Å². The van der Waals surface area contributed by atoms with Gasteiger partial charge in [-0.2, -0.15) is 0 Å². The molecule has 0 unspecified atom stereocenters. The summed E-state index contributed by atoms with van der Waals surface area (Å²) >= 11 is 0. The number of pyridine rings is 1. The number of aromatic nitrogens is 1. The molecule has 0 fully saturated rings. The molecule has 0 saturated heterocycles. The van der Waals surface area contributed by atoms with Crippen molar-refractivity contribution in [3.63, 3.8) is 0 Å². The predicted molar refractivity (Wildman–Crippen MR) is 78.2 cm³/mol. The average Bonchev–Trinajstić information content (AvgIpc) is 1.96. The topological polar surface area (TPSA) is 37.0 Å². The van der Waals surface area contributed by atoms with E-state index in [0.29, 0.717) is 0 Å². The maximum Gasteiger partial charge on any atom is 0.145 e. The van der Waals surface area contributed by atoms with Crippen LogP contribution in [0.25, 0.3) is 0 Å². The third-order valence-electron chi connectivity index (χ3n) is 1.76.